The molecule has 3 heterocycles. The Morgan fingerprint density at radius 2 is 2.00 bits per heavy atom. The molecule has 0 spiro atoms. The first-order valence-corrected chi connectivity index (χ1v) is 8.04. The third-order valence-electron chi connectivity index (χ3n) is 3.96. The maximum absolute atomic E-state index is 13.9. The molecule has 0 amide bonds. The number of halogens is 1. The Balaban J connectivity index is 1.55. The number of nitrogens with one attached hydrogen (secondary N) is 1. The van der Waals surface area contributed by atoms with E-state index in [2.05, 4.69) is 25.4 Å². The molecule has 26 heavy (non-hydrogen) atoms. The normalized spacial score (nSPS) is 10.8. The maximum atomic E-state index is 13.9. The second-order valence-corrected chi connectivity index (χ2v) is 5.70. The Hall–Kier alpha value is -3.55. The van der Waals surface area contributed by atoms with Crippen LogP contribution in [0.4, 0.5) is 10.3 Å². The van der Waals surface area contributed by atoms with Crippen LogP contribution in [0, 0.1) is 5.82 Å². The third kappa shape index (κ3) is 3.16. The number of aryl methyl sites for hydroxylation is 1. The van der Waals surface area contributed by atoms with Crippen LogP contribution in [0.3, 0.4) is 0 Å². The Bertz CT molecular complexity index is 1040. The van der Waals surface area contributed by atoms with Crippen molar-refractivity contribution in [2.75, 3.05) is 5.32 Å². The van der Waals surface area contributed by atoms with Crippen molar-refractivity contribution >= 4 is 5.95 Å². The molecule has 7 nitrogen and oxygen atoms in total. The maximum Gasteiger partial charge on any atom is 0.223 e. The first kappa shape index (κ1) is 15.9. The first-order valence-electron chi connectivity index (χ1n) is 8.04. The van der Waals surface area contributed by atoms with Gasteiger partial charge in [0.1, 0.15) is 17.3 Å². The van der Waals surface area contributed by atoms with E-state index in [4.69, 9.17) is 0 Å². The van der Waals surface area contributed by atoms with Gasteiger partial charge in [-0.2, -0.15) is 5.10 Å². The lowest BCUT2D eigenvalue weighted by Gasteiger charge is -2.06. The van der Waals surface area contributed by atoms with Crippen LogP contribution in [-0.2, 0) is 13.6 Å². The van der Waals surface area contributed by atoms with Crippen LogP contribution in [0.2, 0.25) is 0 Å². The van der Waals surface area contributed by atoms with Crippen molar-refractivity contribution in [3.63, 3.8) is 0 Å². The number of rotatable bonds is 5. The number of aromatic nitrogens is 6. The summed E-state index contributed by atoms with van der Waals surface area (Å²) in [5.74, 6) is 1.04. The predicted octanol–water partition coefficient (Wildman–Crippen LogP) is 2.81. The molecular formula is C18H16FN7. The van der Waals surface area contributed by atoms with Gasteiger partial charge in [0.15, 0.2) is 0 Å². The van der Waals surface area contributed by atoms with Crippen LogP contribution in [0.1, 0.15) is 5.82 Å². The second kappa shape index (κ2) is 6.75. The van der Waals surface area contributed by atoms with Gasteiger partial charge in [-0.1, -0.05) is 12.1 Å². The quantitative estimate of drug-likeness (QED) is 0.600. The molecule has 0 aliphatic rings. The van der Waals surface area contributed by atoms with Crippen molar-refractivity contribution in [3.8, 4) is 16.9 Å². The highest BCUT2D eigenvalue weighted by atomic mass is 19.1. The van der Waals surface area contributed by atoms with E-state index in [1.54, 1.807) is 49.1 Å². The van der Waals surface area contributed by atoms with Gasteiger partial charge in [0, 0.05) is 37.4 Å². The molecule has 0 saturated heterocycles. The van der Waals surface area contributed by atoms with Crippen molar-refractivity contribution in [1.29, 1.82) is 0 Å². The van der Waals surface area contributed by atoms with Crippen LogP contribution in [0.15, 0.2) is 61.3 Å². The van der Waals surface area contributed by atoms with E-state index in [9.17, 15) is 4.39 Å². The Morgan fingerprint density at radius 3 is 2.81 bits per heavy atom. The van der Waals surface area contributed by atoms with E-state index in [0.29, 0.717) is 23.9 Å². The Morgan fingerprint density at radius 1 is 1.12 bits per heavy atom. The summed E-state index contributed by atoms with van der Waals surface area (Å²) in [6.45, 7) is 0.515. The Kier molecular flexibility index (Phi) is 4.14. The summed E-state index contributed by atoms with van der Waals surface area (Å²) in [4.78, 5) is 13.0. The van der Waals surface area contributed by atoms with Crippen LogP contribution in [-0.4, -0.2) is 29.3 Å². The van der Waals surface area contributed by atoms with Gasteiger partial charge in [0.2, 0.25) is 5.95 Å². The van der Waals surface area contributed by atoms with Gasteiger partial charge < -0.3 is 9.88 Å². The lowest BCUT2D eigenvalue weighted by atomic mass is 10.2. The largest absolute Gasteiger partial charge is 0.347 e. The van der Waals surface area contributed by atoms with E-state index < -0.39 is 0 Å². The zero-order chi connectivity index (χ0) is 17.9. The highest BCUT2D eigenvalue weighted by molar-refractivity contribution is 5.58. The highest BCUT2D eigenvalue weighted by Crippen LogP contribution is 2.20. The fourth-order valence-corrected chi connectivity index (χ4v) is 2.55. The molecular weight excluding hydrogens is 333 g/mol. The van der Waals surface area contributed by atoms with E-state index in [0.717, 1.165) is 11.4 Å². The number of benzene rings is 1. The van der Waals surface area contributed by atoms with E-state index in [1.807, 2.05) is 17.8 Å². The second-order valence-electron chi connectivity index (χ2n) is 5.70. The molecule has 3 aromatic heterocycles. The fraction of sp³-hybridized carbons (Fsp3) is 0.111. The number of hydrogen-bond acceptors (Lipinski definition) is 5. The number of nitrogens with zero attached hydrogens (tertiary/aromatic N) is 6. The van der Waals surface area contributed by atoms with Crippen molar-refractivity contribution < 1.29 is 4.39 Å². The summed E-state index contributed by atoms with van der Waals surface area (Å²) in [7, 11) is 1.93. The predicted molar refractivity (Wildman–Crippen MR) is 95.1 cm³/mol. The van der Waals surface area contributed by atoms with E-state index >= 15 is 0 Å². The molecule has 4 aromatic rings. The molecule has 0 fully saturated rings. The Labute approximate surface area is 149 Å². The minimum Gasteiger partial charge on any atom is -0.347 e. The van der Waals surface area contributed by atoms with Crippen LogP contribution < -0.4 is 5.32 Å². The van der Waals surface area contributed by atoms with Gasteiger partial charge in [-0.15, -0.1) is 0 Å². The molecule has 1 aromatic carbocycles. The first-order chi connectivity index (χ1) is 12.7. The molecule has 4 rings (SSSR count). The minimum atomic E-state index is -0.331. The SMILES string of the molecule is Cn1ccnc1CNc1nccc(-c2cnn(-c3ccccc3F)c2)n1. The number of anilines is 1. The van der Waals surface area contributed by atoms with Gasteiger partial charge in [-0.25, -0.2) is 24.0 Å². The molecule has 0 atom stereocenters. The molecule has 130 valence electrons. The van der Waals surface area contributed by atoms with Crippen molar-refractivity contribution in [2.45, 2.75) is 6.54 Å². The minimum absolute atomic E-state index is 0.331. The van der Waals surface area contributed by atoms with Crippen molar-refractivity contribution in [3.05, 3.63) is 73.0 Å². The molecule has 0 saturated carbocycles. The van der Waals surface area contributed by atoms with Gasteiger partial charge in [-0.3, -0.25) is 0 Å². The lowest BCUT2D eigenvalue weighted by molar-refractivity contribution is 0.611. The summed E-state index contributed by atoms with van der Waals surface area (Å²) in [5.41, 5.74) is 1.86. The number of imidazole rings is 1. The molecule has 0 aliphatic carbocycles. The van der Waals surface area contributed by atoms with E-state index in [1.165, 1.54) is 10.7 Å². The smallest absolute Gasteiger partial charge is 0.223 e. The molecule has 0 aliphatic heterocycles. The topological polar surface area (TPSA) is 73.5 Å². The molecule has 0 bridgehead atoms. The molecule has 8 heteroatoms. The van der Waals surface area contributed by atoms with Gasteiger partial charge >= 0.3 is 0 Å². The number of para-hydroxylation sites is 1. The fourth-order valence-electron chi connectivity index (χ4n) is 2.55. The van der Waals surface area contributed by atoms with Crippen LogP contribution >= 0.6 is 0 Å². The van der Waals surface area contributed by atoms with Gasteiger partial charge in [0.05, 0.1) is 18.4 Å². The summed E-state index contributed by atoms with van der Waals surface area (Å²) in [6, 6.07) is 8.28. The molecule has 0 unspecified atom stereocenters. The van der Waals surface area contributed by atoms with Gasteiger partial charge in [0.25, 0.3) is 0 Å². The lowest BCUT2D eigenvalue weighted by Crippen LogP contribution is -2.08. The molecule has 0 radical (unpaired) electrons. The number of hydrogen-bond donors (Lipinski definition) is 1. The summed E-state index contributed by atoms with van der Waals surface area (Å²) in [6.07, 6.45) is 8.68. The van der Waals surface area contributed by atoms with Crippen LogP contribution in [0.25, 0.3) is 16.9 Å². The average molecular weight is 349 g/mol. The zero-order valence-corrected chi connectivity index (χ0v) is 14.0. The molecule has 1 N–H and O–H groups in total. The third-order valence-corrected chi connectivity index (χ3v) is 3.96. The van der Waals surface area contributed by atoms with Crippen molar-refractivity contribution in [1.82, 2.24) is 29.3 Å². The van der Waals surface area contributed by atoms with Crippen LogP contribution in [0.5, 0.6) is 0 Å². The zero-order valence-electron chi connectivity index (χ0n) is 14.0. The summed E-state index contributed by atoms with van der Waals surface area (Å²) >= 11 is 0. The highest BCUT2D eigenvalue weighted by Gasteiger charge is 2.09. The van der Waals surface area contributed by atoms with E-state index in [-0.39, 0.29) is 5.82 Å². The van der Waals surface area contributed by atoms with Crippen molar-refractivity contribution in [2.24, 2.45) is 7.05 Å². The monoisotopic (exact) mass is 349 g/mol. The summed E-state index contributed by atoms with van der Waals surface area (Å²) in [5, 5.41) is 7.39. The van der Waals surface area contributed by atoms with Gasteiger partial charge in [-0.05, 0) is 18.2 Å². The average Bonchev–Trinajstić information content (AvgIpc) is 3.30. The summed E-state index contributed by atoms with van der Waals surface area (Å²) < 4.78 is 17.3. The standard InChI is InChI=1S/C18H16FN7/c1-25-9-8-20-17(25)11-22-18-21-7-6-15(24-18)13-10-23-26(12-13)16-5-3-2-4-14(16)19/h2-10,12H,11H2,1H3,(H,21,22,24).